The maximum atomic E-state index is 12.5. The molecule has 1 heterocycles. The molecule has 0 aliphatic carbocycles. The van der Waals surface area contributed by atoms with Crippen LogP contribution in [-0.4, -0.2) is 17.6 Å². The molecule has 0 fully saturated rings. The molecule has 0 radical (unpaired) electrons. The van der Waals surface area contributed by atoms with E-state index in [0.29, 0.717) is 22.4 Å². The third-order valence-corrected chi connectivity index (χ3v) is 3.87. The fourth-order valence-corrected chi connectivity index (χ4v) is 2.76. The minimum absolute atomic E-state index is 0.191. The second-order valence-electron chi connectivity index (χ2n) is 4.71. The van der Waals surface area contributed by atoms with E-state index in [1.54, 1.807) is 42.5 Å². The zero-order chi connectivity index (χ0) is 15.1. The highest BCUT2D eigenvalue weighted by Gasteiger charge is 2.37. The molecule has 2 amide bonds. The van der Waals surface area contributed by atoms with E-state index in [1.807, 2.05) is 0 Å². The molecule has 0 spiro atoms. The number of halogens is 1. The van der Waals surface area contributed by atoms with E-state index in [2.05, 4.69) is 15.9 Å². The van der Waals surface area contributed by atoms with E-state index in [-0.39, 0.29) is 5.78 Å². The van der Waals surface area contributed by atoms with Crippen molar-refractivity contribution in [2.75, 3.05) is 4.90 Å². The predicted molar refractivity (Wildman–Crippen MR) is 81.7 cm³/mol. The molecule has 0 saturated heterocycles. The number of carbonyl (C=O) groups excluding carboxylic acids is 3. The number of hydrogen-bond acceptors (Lipinski definition) is 3. The van der Waals surface area contributed by atoms with Crippen LogP contribution in [0, 0.1) is 0 Å². The minimum Gasteiger partial charge on any atom is -0.294 e. The number of anilines is 1. The molecule has 0 unspecified atom stereocenters. The molecule has 0 aromatic heterocycles. The molecular weight excluding hydrogens is 334 g/mol. The van der Waals surface area contributed by atoms with Crippen LogP contribution in [0.4, 0.5) is 5.69 Å². The Hall–Kier alpha value is -2.27. The summed E-state index contributed by atoms with van der Waals surface area (Å²) in [5, 5.41) is 0. The van der Waals surface area contributed by atoms with Crippen molar-refractivity contribution in [3.05, 3.63) is 63.6 Å². The summed E-state index contributed by atoms with van der Waals surface area (Å²) in [5.74, 6) is -1.01. The molecule has 2 aromatic carbocycles. The van der Waals surface area contributed by atoms with Gasteiger partial charge in [0, 0.05) is 10.0 Å². The molecule has 1 aliphatic rings. The number of amides is 2. The average Bonchev–Trinajstić information content (AvgIpc) is 2.70. The molecule has 5 heteroatoms. The van der Waals surface area contributed by atoms with Crippen molar-refractivity contribution in [1.82, 2.24) is 0 Å². The van der Waals surface area contributed by atoms with Crippen LogP contribution in [-0.2, 0) is 0 Å². The Labute approximate surface area is 129 Å². The van der Waals surface area contributed by atoms with Crippen LogP contribution >= 0.6 is 15.9 Å². The van der Waals surface area contributed by atoms with Gasteiger partial charge in [-0.1, -0.05) is 28.1 Å². The molecule has 1 aliphatic heterocycles. The first kappa shape index (κ1) is 13.7. The van der Waals surface area contributed by atoms with Gasteiger partial charge in [-0.3, -0.25) is 14.4 Å². The first-order chi connectivity index (χ1) is 10.0. The Morgan fingerprint density at radius 3 is 2.38 bits per heavy atom. The number of rotatable bonds is 2. The van der Waals surface area contributed by atoms with Gasteiger partial charge in [0.1, 0.15) is 0 Å². The van der Waals surface area contributed by atoms with E-state index in [0.717, 1.165) is 9.37 Å². The average molecular weight is 344 g/mol. The first-order valence-electron chi connectivity index (χ1n) is 6.29. The van der Waals surface area contributed by atoms with E-state index < -0.39 is 11.8 Å². The lowest BCUT2D eigenvalue weighted by Crippen LogP contribution is -2.30. The van der Waals surface area contributed by atoms with Crippen molar-refractivity contribution in [2.45, 2.75) is 6.92 Å². The van der Waals surface area contributed by atoms with Crippen LogP contribution in [0.2, 0.25) is 0 Å². The zero-order valence-electron chi connectivity index (χ0n) is 11.1. The monoisotopic (exact) mass is 343 g/mol. The number of hydrogen-bond donors (Lipinski definition) is 0. The van der Waals surface area contributed by atoms with Gasteiger partial charge in [0.15, 0.2) is 5.78 Å². The van der Waals surface area contributed by atoms with Crippen molar-refractivity contribution in [1.29, 1.82) is 0 Å². The van der Waals surface area contributed by atoms with Gasteiger partial charge >= 0.3 is 0 Å². The van der Waals surface area contributed by atoms with Crippen molar-refractivity contribution < 1.29 is 14.4 Å². The highest BCUT2D eigenvalue weighted by atomic mass is 79.9. The Balaban J connectivity index is 2.17. The van der Waals surface area contributed by atoms with Gasteiger partial charge in [-0.15, -0.1) is 0 Å². The SMILES string of the molecule is CC(=O)c1ccccc1N1C(=O)c2ccc(Br)cc2C1=O. The molecule has 0 atom stereocenters. The fraction of sp³-hybridized carbons (Fsp3) is 0.0625. The summed E-state index contributed by atoms with van der Waals surface area (Å²) < 4.78 is 0.726. The normalized spacial score (nSPS) is 13.5. The number of carbonyl (C=O) groups is 3. The number of imide groups is 1. The molecule has 3 rings (SSSR count). The summed E-state index contributed by atoms with van der Waals surface area (Å²) in [6, 6.07) is 11.5. The molecule has 2 aromatic rings. The number of ketones is 1. The van der Waals surface area contributed by atoms with Gasteiger partial charge in [0.05, 0.1) is 16.8 Å². The molecule has 104 valence electrons. The second-order valence-corrected chi connectivity index (χ2v) is 5.62. The summed E-state index contributed by atoms with van der Waals surface area (Å²) in [7, 11) is 0. The quantitative estimate of drug-likeness (QED) is 0.619. The lowest BCUT2D eigenvalue weighted by molar-refractivity contribution is 0.0926. The molecule has 0 N–H and O–H groups in total. The van der Waals surface area contributed by atoms with E-state index in [4.69, 9.17) is 0 Å². The fourth-order valence-electron chi connectivity index (χ4n) is 2.40. The summed E-state index contributed by atoms with van der Waals surface area (Å²) >= 11 is 3.29. The molecule has 4 nitrogen and oxygen atoms in total. The van der Waals surface area contributed by atoms with Gasteiger partial charge in [-0.05, 0) is 37.3 Å². The Morgan fingerprint density at radius 2 is 1.67 bits per heavy atom. The topological polar surface area (TPSA) is 54.5 Å². The van der Waals surface area contributed by atoms with Crippen LogP contribution in [0.15, 0.2) is 46.9 Å². The number of nitrogens with zero attached hydrogens (tertiary/aromatic N) is 1. The van der Waals surface area contributed by atoms with Gasteiger partial charge in [0.25, 0.3) is 11.8 Å². The van der Waals surface area contributed by atoms with Crippen LogP contribution < -0.4 is 4.90 Å². The Morgan fingerprint density at radius 1 is 1.00 bits per heavy atom. The molecule has 0 bridgehead atoms. The Bertz CT molecular complexity index is 798. The van der Waals surface area contributed by atoms with Gasteiger partial charge in [0.2, 0.25) is 0 Å². The van der Waals surface area contributed by atoms with Crippen LogP contribution in [0.5, 0.6) is 0 Å². The summed E-state index contributed by atoms with van der Waals surface area (Å²) in [5.41, 5.74) is 1.37. The second kappa shape index (κ2) is 4.93. The molecule has 0 saturated carbocycles. The van der Waals surface area contributed by atoms with Crippen molar-refractivity contribution in [3.63, 3.8) is 0 Å². The maximum Gasteiger partial charge on any atom is 0.266 e. The third kappa shape index (κ3) is 2.10. The lowest BCUT2D eigenvalue weighted by Gasteiger charge is -2.16. The van der Waals surface area contributed by atoms with Crippen molar-refractivity contribution >= 4 is 39.2 Å². The lowest BCUT2D eigenvalue weighted by atomic mass is 10.1. The largest absolute Gasteiger partial charge is 0.294 e. The van der Waals surface area contributed by atoms with Crippen LogP contribution in [0.25, 0.3) is 0 Å². The van der Waals surface area contributed by atoms with Crippen molar-refractivity contribution in [2.24, 2.45) is 0 Å². The van der Waals surface area contributed by atoms with Crippen molar-refractivity contribution in [3.8, 4) is 0 Å². The zero-order valence-corrected chi connectivity index (χ0v) is 12.7. The third-order valence-electron chi connectivity index (χ3n) is 3.37. The summed E-state index contributed by atoms with van der Waals surface area (Å²) in [4.78, 5) is 37.7. The highest BCUT2D eigenvalue weighted by Crippen LogP contribution is 2.32. The number of fused-ring (bicyclic) bond motifs is 1. The number of para-hydroxylation sites is 1. The van der Waals surface area contributed by atoms with Crippen LogP contribution in [0.3, 0.4) is 0 Å². The molecular formula is C16H10BrNO3. The molecule has 21 heavy (non-hydrogen) atoms. The summed E-state index contributed by atoms with van der Waals surface area (Å²) in [6.45, 7) is 1.41. The smallest absolute Gasteiger partial charge is 0.266 e. The first-order valence-corrected chi connectivity index (χ1v) is 7.08. The predicted octanol–water partition coefficient (Wildman–Crippen LogP) is 3.45. The van der Waals surface area contributed by atoms with E-state index in [9.17, 15) is 14.4 Å². The van der Waals surface area contributed by atoms with Gasteiger partial charge in [-0.25, -0.2) is 4.90 Å². The Kier molecular flexibility index (Phi) is 3.22. The van der Waals surface area contributed by atoms with Gasteiger partial charge < -0.3 is 0 Å². The van der Waals surface area contributed by atoms with Crippen LogP contribution in [0.1, 0.15) is 38.0 Å². The number of Topliss-reactive ketones (excluding diaryl/α,β-unsaturated/α-hetero) is 1. The summed E-state index contributed by atoms with van der Waals surface area (Å²) in [6.07, 6.45) is 0. The van der Waals surface area contributed by atoms with E-state index in [1.165, 1.54) is 6.92 Å². The van der Waals surface area contributed by atoms with E-state index >= 15 is 0 Å². The minimum atomic E-state index is -0.412. The number of benzene rings is 2. The highest BCUT2D eigenvalue weighted by molar-refractivity contribution is 9.10. The maximum absolute atomic E-state index is 12.5. The standard InChI is InChI=1S/C16H10BrNO3/c1-9(19)11-4-2-3-5-14(11)18-15(20)12-7-6-10(17)8-13(12)16(18)21/h2-8H,1H3. The van der Waals surface area contributed by atoms with Gasteiger partial charge in [-0.2, -0.15) is 0 Å².